The monoisotopic (exact) mass is 418 g/mol. The molecule has 2 aliphatic rings. The van der Waals surface area contributed by atoms with Gasteiger partial charge in [0.2, 0.25) is 0 Å². The average molecular weight is 420 g/mol. The molecule has 0 aliphatic carbocycles. The lowest BCUT2D eigenvalue weighted by Crippen LogP contribution is -2.45. The number of hydrogen-bond acceptors (Lipinski definition) is 4. The first-order valence-electron chi connectivity index (χ1n) is 7.26. The molecule has 3 N–H and O–H groups in total. The minimum atomic E-state index is -0.0974. The number of benzene rings is 1. The molecule has 3 rings (SSSR count). The van der Waals surface area contributed by atoms with Crippen molar-refractivity contribution in [3.8, 4) is 0 Å². The molecule has 1 spiro atoms. The van der Waals surface area contributed by atoms with Crippen LogP contribution < -0.4 is 11.3 Å². The lowest BCUT2D eigenvalue weighted by atomic mass is 9.79. The highest BCUT2D eigenvalue weighted by Gasteiger charge is 2.43. The van der Waals surface area contributed by atoms with Crippen molar-refractivity contribution in [1.29, 1.82) is 0 Å². The summed E-state index contributed by atoms with van der Waals surface area (Å²) in [5, 5.41) is 0. The molecule has 6 heteroatoms. The molecule has 0 bridgehead atoms. The molecule has 0 amide bonds. The second-order valence-electron chi connectivity index (χ2n) is 5.90. The van der Waals surface area contributed by atoms with Gasteiger partial charge in [-0.2, -0.15) is 0 Å². The van der Waals surface area contributed by atoms with Crippen LogP contribution >= 0.6 is 31.9 Å². The van der Waals surface area contributed by atoms with Gasteiger partial charge < -0.3 is 9.47 Å². The number of nitrogens with one attached hydrogen (secondary N) is 1. The third kappa shape index (κ3) is 3.35. The van der Waals surface area contributed by atoms with E-state index < -0.39 is 0 Å². The van der Waals surface area contributed by atoms with Crippen molar-refractivity contribution in [2.45, 2.75) is 30.9 Å². The highest BCUT2D eigenvalue weighted by atomic mass is 79.9. The Balaban J connectivity index is 1.82. The maximum absolute atomic E-state index is 6.02. The Kier molecular flexibility index (Phi) is 5.03. The fourth-order valence-electron chi connectivity index (χ4n) is 3.45. The van der Waals surface area contributed by atoms with Gasteiger partial charge in [-0.15, -0.1) is 0 Å². The zero-order chi connectivity index (χ0) is 14.9. The summed E-state index contributed by atoms with van der Waals surface area (Å²) < 4.78 is 13.7. The summed E-state index contributed by atoms with van der Waals surface area (Å²) in [6.07, 6.45) is 2.99. The van der Waals surface area contributed by atoms with Gasteiger partial charge in [0.15, 0.2) is 0 Å². The predicted octanol–water partition coefficient (Wildman–Crippen LogP) is 3.30. The quantitative estimate of drug-likeness (QED) is 0.582. The van der Waals surface area contributed by atoms with Crippen molar-refractivity contribution < 1.29 is 9.47 Å². The second kappa shape index (κ2) is 6.64. The van der Waals surface area contributed by atoms with E-state index in [-0.39, 0.29) is 11.6 Å². The predicted molar refractivity (Wildman–Crippen MR) is 88.7 cm³/mol. The van der Waals surface area contributed by atoms with Crippen LogP contribution in [-0.2, 0) is 9.47 Å². The van der Waals surface area contributed by atoms with Crippen LogP contribution in [0, 0.1) is 5.92 Å². The summed E-state index contributed by atoms with van der Waals surface area (Å²) in [6.45, 7) is 2.29. The van der Waals surface area contributed by atoms with E-state index in [2.05, 4.69) is 55.5 Å². The van der Waals surface area contributed by atoms with E-state index in [1.54, 1.807) is 0 Å². The Labute approximate surface area is 142 Å². The second-order valence-corrected chi connectivity index (χ2v) is 7.67. The third-order valence-corrected chi connectivity index (χ3v) is 5.73. The largest absolute Gasteiger partial charge is 0.378 e. The van der Waals surface area contributed by atoms with Crippen molar-refractivity contribution in [2.75, 3.05) is 19.8 Å². The molecular weight excluding hydrogens is 400 g/mol. The van der Waals surface area contributed by atoms with Crippen LogP contribution in [0.3, 0.4) is 0 Å². The number of rotatable bonds is 3. The van der Waals surface area contributed by atoms with Crippen LogP contribution in [0.2, 0.25) is 0 Å². The normalized spacial score (nSPS) is 30.7. The van der Waals surface area contributed by atoms with Gasteiger partial charge in [-0.1, -0.05) is 37.9 Å². The summed E-state index contributed by atoms with van der Waals surface area (Å²) in [5.41, 5.74) is 4.11. The maximum Gasteiger partial charge on any atom is 0.0940 e. The number of nitrogens with two attached hydrogens (primary N) is 1. The van der Waals surface area contributed by atoms with Crippen LogP contribution in [0.5, 0.6) is 0 Å². The van der Waals surface area contributed by atoms with Crippen LogP contribution in [0.15, 0.2) is 27.1 Å². The standard InChI is InChI=1S/C15H20Br2N2O2/c16-11-1-2-12(13(17)7-11)14(19-18)10-3-5-21-15(8-10)4-6-20-9-15/h1-2,7,10,14,19H,3-6,8-9,18H2. The zero-order valence-corrected chi connectivity index (χ0v) is 15.0. The average Bonchev–Trinajstić information content (AvgIpc) is 2.90. The minimum absolute atomic E-state index is 0.0974. The Morgan fingerprint density at radius 1 is 1.33 bits per heavy atom. The first-order valence-corrected chi connectivity index (χ1v) is 8.85. The van der Waals surface area contributed by atoms with Gasteiger partial charge in [-0.05, 0) is 36.5 Å². The summed E-state index contributed by atoms with van der Waals surface area (Å²) >= 11 is 7.14. The zero-order valence-electron chi connectivity index (χ0n) is 11.8. The van der Waals surface area contributed by atoms with Crippen LogP contribution in [0.4, 0.5) is 0 Å². The van der Waals surface area contributed by atoms with E-state index in [1.165, 1.54) is 5.56 Å². The van der Waals surface area contributed by atoms with Crippen molar-refractivity contribution in [3.63, 3.8) is 0 Å². The molecule has 116 valence electrons. The molecule has 2 saturated heterocycles. The van der Waals surface area contributed by atoms with Gasteiger partial charge in [-0.25, -0.2) is 0 Å². The summed E-state index contributed by atoms with van der Waals surface area (Å²) in [6, 6.07) is 6.35. The third-order valence-electron chi connectivity index (χ3n) is 4.55. The van der Waals surface area contributed by atoms with Gasteiger partial charge in [0.25, 0.3) is 0 Å². The number of ether oxygens (including phenoxy) is 2. The van der Waals surface area contributed by atoms with Crippen LogP contribution in [0.1, 0.15) is 30.9 Å². The van der Waals surface area contributed by atoms with Gasteiger partial charge in [0.05, 0.1) is 18.2 Å². The Bertz CT molecular complexity index is 506. The van der Waals surface area contributed by atoms with Crippen molar-refractivity contribution in [3.05, 3.63) is 32.7 Å². The molecule has 3 atom stereocenters. The molecule has 2 aliphatic heterocycles. The molecule has 3 unspecified atom stereocenters. The molecule has 0 saturated carbocycles. The van der Waals surface area contributed by atoms with Crippen molar-refractivity contribution in [1.82, 2.24) is 5.43 Å². The van der Waals surface area contributed by atoms with Crippen LogP contribution in [-0.4, -0.2) is 25.4 Å². The Morgan fingerprint density at radius 3 is 2.86 bits per heavy atom. The van der Waals surface area contributed by atoms with E-state index in [9.17, 15) is 0 Å². The fraction of sp³-hybridized carbons (Fsp3) is 0.600. The smallest absolute Gasteiger partial charge is 0.0940 e. The van der Waals surface area contributed by atoms with Gasteiger partial charge in [0.1, 0.15) is 0 Å². The van der Waals surface area contributed by atoms with E-state index in [0.717, 1.165) is 41.4 Å². The van der Waals surface area contributed by atoms with E-state index in [4.69, 9.17) is 15.3 Å². The number of hydrogen-bond donors (Lipinski definition) is 2. The van der Waals surface area contributed by atoms with Gasteiger partial charge in [-0.3, -0.25) is 11.3 Å². The Hall–Kier alpha value is 0.0200. The lowest BCUT2D eigenvalue weighted by Gasteiger charge is -2.40. The van der Waals surface area contributed by atoms with Crippen LogP contribution in [0.25, 0.3) is 0 Å². The number of halogens is 2. The first kappa shape index (κ1) is 15.9. The molecule has 1 aromatic carbocycles. The molecule has 4 nitrogen and oxygen atoms in total. The molecule has 1 aromatic rings. The van der Waals surface area contributed by atoms with E-state index in [1.807, 2.05) is 0 Å². The Morgan fingerprint density at radius 2 is 2.19 bits per heavy atom. The highest BCUT2D eigenvalue weighted by Crippen LogP contribution is 2.42. The minimum Gasteiger partial charge on any atom is -0.378 e. The topological polar surface area (TPSA) is 56.5 Å². The van der Waals surface area contributed by atoms with Gasteiger partial charge in [0, 0.05) is 28.6 Å². The van der Waals surface area contributed by atoms with E-state index in [0.29, 0.717) is 12.5 Å². The SMILES string of the molecule is NNC(c1ccc(Br)cc1Br)C1CCOC2(CCOC2)C1. The molecule has 2 heterocycles. The molecule has 21 heavy (non-hydrogen) atoms. The summed E-state index contributed by atoms with van der Waals surface area (Å²) in [7, 11) is 0. The summed E-state index contributed by atoms with van der Waals surface area (Å²) in [5.74, 6) is 6.32. The van der Waals surface area contributed by atoms with Gasteiger partial charge >= 0.3 is 0 Å². The molecule has 0 aromatic heterocycles. The van der Waals surface area contributed by atoms with Crippen molar-refractivity contribution in [2.24, 2.45) is 11.8 Å². The summed E-state index contributed by atoms with van der Waals surface area (Å²) in [4.78, 5) is 0. The molecule has 0 radical (unpaired) electrons. The van der Waals surface area contributed by atoms with E-state index >= 15 is 0 Å². The highest BCUT2D eigenvalue weighted by molar-refractivity contribution is 9.11. The van der Waals surface area contributed by atoms with Crippen molar-refractivity contribution >= 4 is 31.9 Å². The molecule has 2 fully saturated rings. The first-order chi connectivity index (χ1) is 10.1. The molecular formula is C15H20Br2N2O2. The lowest BCUT2D eigenvalue weighted by molar-refractivity contribution is -0.103. The number of hydrazine groups is 1. The maximum atomic E-state index is 6.02. The fourth-order valence-corrected chi connectivity index (χ4v) is 4.74.